The molecule has 0 aliphatic heterocycles. The molecule has 1 aromatic heterocycles. The van der Waals surface area contributed by atoms with Gasteiger partial charge in [-0.15, -0.1) is 11.3 Å². The molecule has 1 fully saturated rings. The molecule has 1 aromatic rings. The molecular weight excluding hydrogens is 284 g/mol. The topological polar surface area (TPSA) is 74.6 Å². The molecular formula is C9H7BrO4S. The van der Waals surface area contributed by atoms with E-state index in [-0.39, 0.29) is 6.42 Å². The normalized spacial score (nSPS) is 28.7. The smallest absolute Gasteiger partial charge is 0.315 e. The Morgan fingerprint density at radius 2 is 2.13 bits per heavy atom. The lowest BCUT2D eigenvalue weighted by molar-refractivity contribution is -0.145. The Bertz CT molecular complexity index is 441. The van der Waals surface area contributed by atoms with Crippen molar-refractivity contribution in [3.8, 4) is 0 Å². The molecule has 6 heteroatoms. The molecule has 2 rings (SSSR count). The lowest BCUT2D eigenvalue weighted by Gasteiger charge is -2.07. The minimum absolute atomic E-state index is 0.185. The van der Waals surface area contributed by atoms with E-state index in [4.69, 9.17) is 10.2 Å². The summed E-state index contributed by atoms with van der Waals surface area (Å²) >= 11 is 4.52. The third-order valence-electron chi connectivity index (χ3n) is 2.65. The van der Waals surface area contributed by atoms with Crippen molar-refractivity contribution < 1.29 is 19.8 Å². The number of halogens is 1. The molecule has 80 valence electrons. The van der Waals surface area contributed by atoms with Gasteiger partial charge in [-0.05, 0) is 34.5 Å². The van der Waals surface area contributed by atoms with Gasteiger partial charge in [0.1, 0.15) is 5.41 Å². The van der Waals surface area contributed by atoms with Gasteiger partial charge in [-0.3, -0.25) is 9.59 Å². The van der Waals surface area contributed by atoms with E-state index >= 15 is 0 Å². The fourth-order valence-electron chi connectivity index (χ4n) is 1.73. The summed E-state index contributed by atoms with van der Waals surface area (Å²) in [6, 6.07) is 3.41. The number of thiophene rings is 1. The van der Waals surface area contributed by atoms with E-state index in [2.05, 4.69) is 15.9 Å². The van der Waals surface area contributed by atoms with Gasteiger partial charge >= 0.3 is 11.9 Å². The molecule has 0 amide bonds. The van der Waals surface area contributed by atoms with Crippen LogP contribution in [0.4, 0.5) is 0 Å². The van der Waals surface area contributed by atoms with E-state index in [1.54, 1.807) is 12.1 Å². The molecule has 2 N–H and O–H groups in total. The summed E-state index contributed by atoms with van der Waals surface area (Å²) in [6.45, 7) is 0. The Labute approximate surface area is 97.7 Å². The maximum Gasteiger partial charge on any atom is 0.315 e. The quantitative estimate of drug-likeness (QED) is 0.892. The molecule has 4 nitrogen and oxygen atoms in total. The number of carbonyl (C=O) groups is 2. The third-order valence-corrected chi connectivity index (χ3v) is 4.45. The third kappa shape index (κ3) is 1.48. The van der Waals surface area contributed by atoms with Gasteiger partial charge in [0, 0.05) is 4.88 Å². The Morgan fingerprint density at radius 1 is 1.47 bits per heavy atom. The van der Waals surface area contributed by atoms with Crippen molar-refractivity contribution >= 4 is 39.2 Å². The molecule has 0 aromatic carbocycles. The summed E-state index contributed by atoms with van der Waals surface area (Å²) in [5, 5.41) is 17.9. The van der Waals surface area contributed by atoms with Crippen LogP contribution in [0.3, 0.4) is 0 Å². The second-order valence-electron chi connectivity index (χ2n) is 3.48. The van der Waals surface area contributed by atoms with E-state index < -0.39 is 23.3 Å². The summed E-state index contributed by atoms with van der Waals surface area (Å²) in [7, 11) is 0. The standard InChI is InChI=1S/C9H7BrO4S/c10-6-2-1-5(15-6)9(8(13)14)3-4(9)7(11)12/h1-2,4H,3H2,(H,11,12)(H,13,14). The molecule has 0 saturated heterocycles. The molecule has 2 atom stereocenters. The van der Waals surface area contributed by atoms with E-state index in [1.807, 2.05) is 0 Å². The van der Waals surface area contributed by atoms with Crippen molar-refractivity contribution in [2.24, 2.45) is 5.92 Å². The summed E-state index contributed by atoms with van der Waals surface area (Å²) in [4.78, 5) is 22.5. The number of hydrogen-bond donors (Lipinski definition) is 2. The lowest BCUT2D eigenvalue weighted by atomic mass is 10.0. The van der Waals surface area contributed by atoms with E-state index in [0.29, 0.717) is 4.88 Å². The number of carboxylic acid groups (broad SMARTS) is 2. The fraction of sp³-hybridized carbons (Fsp3) is 0.333. The van der Waals surface area contributed by atoms with Gasteiger partial charge in [0.15, 0.2) is 0 Å². The first-order valence-corrected chi connectivity index (χ1v) is 5.81. The van der Waals surface area contributed by atoms with Crippen molar-refractivity contribution in [1.82, 2.24) is 0 Å². The van der Waals surface area contributed by atoms with Crippen LogP contribution in [0.2, 0.25) is 0 Å². The van der Waals surface area contributed by atoms with Crippen LogP contribution in [-0.2, 0) is 15.0 Å². The lowest BCUT2D eigenvalue weighted by Crippen LogP contribution is -2.24. The minimum Gasteiger partial charge on any atom is -0.481 e. The van der Waals surface area contributed by atoms with E-state index in [1.165, 1.54) is 11.3 Å². The highest BCUT2D eigenvalue weighted by Crippen LogP contribution is 2.56. The van der Waals surface area contributed by atoms with E-state index in [9.17, 15) is 9.59 Å². The van der Waals surface area contributed by atoms with Gasteiger partial charge in [0.25, 0.3) is 0 Å². The summed E-state index contributed by atoms with van der Waals surface area (Å²) in [6.07, 6.45) is 0.185. The van der Waals surface area contributed by atoms with Gasteiger partial charge < -0.3 is 10.2 Å². The zero-order valence-electron chi connectivity index (χ0n) is 7.44. The van der Waals surface area contributed by atoms with Gasteiger partial charge in [-0.25, -0.2) is 0 Å². The van der Waals surface area contributed by atoms with Crippen molar-refractivity contribution in [3.63, 3.8) is 0 Å². The minimum atomic E-state index is -1.19. The molecule has 0 spiro atoms. The van der Waals surface area contributed by atoms with Crippen molar-refractivity contribution in [2.75, 3.05) is 0 Å². The average molecular weight is 291 g/mol. The number of rotatable bonds is 3. The van der Waals surface area contributed by atoms with Crippen molar-refractivity contribution in [1.29, 1.82) is 0 Å². The SMILES string of the molecule is O=C(O)C1CC1(C(=O)O)c1ccc(Br)s1. The molecule has 1 heterocycles. The van der Waals surface area contributed by atoms with Crippen LogP contribution in [-0.4, -0.2) is 22.2 Å². The predicted molar refractivity (Wildman–Crippen MR) is 57.1 cm³/mol. The first-order chi connectivity index (χ1) is 6.98. The Balaban J connectivity index is 2.39. The number of carboxylic acids is 2. The average Bonchev–Trinajstić information content (AvgIpc) is 2.78. The van der Waals surface area contributed by atoms with Crippen LogP contribution in [0.15, 0.2) is 15.9 Å². The van der Waals surface area contributed by atoms with Crippen LogP contribution in [0, 0.1) is 5.92 Å². The first kappa shape index (κ1) is 10.6. The van der Waals surface area contributed by atoms with Crippen LogP contribution in [0.1, 0.15) is 11.3 Å². The summed E-state index contributed by atoms with van der Waals surface area (Å²) in [5.41, 5.74) is -1.19. The van der Waals surface area contributed by atoms with Crippen LogP contribution < -0.4 is 0 Å². The number of hydrogen-bond acceptors (Lipinski definition) is 3. The molecule has 15 heavy (non-hydrogen) atoms. The highest BCUT2D eigenvalue weighted by atomic mass is 79.9. The number of aliphatic carboxylic acids is 2. The molecule has 1 aliphatic carbocycles. The Kier molecular flexibility index (Phi) is 2.35. The van der Waals surface area contributed by atoms with Gasteiger partial charge in [0.2, 0.25) is 0 Å². The maximum atomic E-state index is 11.1. The zero-order chi connectivity index (χ0) is 11.2. The van der Waals surface area contributed by atoms with E-state index in [0.717, 1.165) is 3.79 Å². The van der Waals surface area contributed by atoms with Crippen molar-refractivity contribution in [2.45, 2.75) is 11.8 Å². The van der Waals surface area contributed by atoms with Crippen LogP contribution in [0.5, 0.6) is 0 Å². The summed E-state index contributed by atoms with van der Waals surface area (Å²) in [5.74, 6) is -2.88. The second-order valence-corrected chi connectivity index (χ2v) is 5.94. The largest absolute Gasteiger partial charge is 0.481 e. The van der Waals surface area contributed by atoms with Crippen molar-refractivity contribution in [3.05, 3.63) is 20.8 Å². The Morgan fingerprint density at radius 3 is 2.47 bits per heavy atom. The first-order valence-electron chi connectivity index (χ1n) is 4.20. The second kappa shape index (κ2) is 3.31. The predicted octanol–water partition coefficient (Wildman–Crippen LogP) is 1.94. The van der Waals surface area contributed by atoms with Crippen LogP contribution in [0.25, 0.3) is 0 Å². The monoisotopic (exact) mass is 290 g/mol. The van der Waals surface area contributed by atoms with Gasteiger partial charge in [0.05, 0.1) is 9.70 Å². The molecule has 1 aliphatic rings. The molecule has 0 radical (unpaired) electrons. The molecule has 1 saturated carbocycles. The van der Waals surface area contributed by atoms with Crippen LogP contribution >= 0.6 is 27.3 Å². The van der Waals surface area contributed by atoms with Gasteiger partial charge in [-0.1, -0.05) is 0 Å². The molecule has 2 unspecified atom stereocenters. The highest BCUT2D eigenvalue weighted by molar-refractivity contribution is 9.11. The van der Waals surface area contributed by atoms with Gasteiger partial charge in [-0.2, -0.15) is 0 Å². The molecule has 0 bridgehead atoms. The fourth-order valence-corrected chi connectivity index (χ4v) is 3.36. The zero-order valence-corrected chi connectivity index (χ0v) is 9.84. The maximum absolute atomic E-state index is 11.1. The Hall–Kier alpha value is -0.880. The highest BCUT2D eigenvalue weighted by Gasteiger charge is 2.66. The summed E-state index contributed by atoms with van der Waals surface area (Å²) < 4.78 is 0.814.